The van der Waals surface area contributed by atoms with Crippen LogP contribution in [-0.4, -0.2) is 0 Å². The van der Waals surface area contributed by atoms with Gasteiger partial charge in [0, 0.05) is 22.5 Å². The van der Waals surface area contributed by atoms with E-state index in [1.54, 1.807) is 0 Å². The van der Waals surface area contributed by atoms with Gasteiger partial charge < -0.3 is 15.9 Å². The molecule has 94 valence electrons. The Labute approximate surface area is 111 Å². The maximum atomic E-state index is 5.85. The van der Waals surface area contributed by atoms with Crippen molar-refractivity contribution in [2.75, 3.05) is 11.5 Å². The number of hydrogen-bond acceptors (Lipinski definition) is 3. The summed E-state index contributed by atoms with van der Waals surface area (Å²) in [5.41, 5.74) is 14.9. The molecule has 3 nitrogen and oxygen atoms in total. The minimum atomic E-state index is 0.725. The minimum Gasteiger partial charge on any atom is -0.456 e. The first kappa shape index (κ1) is 11.4. The van der Waals surface area contributed by atoms with E-state index in [9.17, 15) is 0 Å². The third-order valence-corrected chi connectivity index (χ3v) is 2.97. The lowest BCUT2D eigenvalue weighted by Crippen LogP contribution is -1.84. The fourth-order valence-corrected chi connectivity index (χ4v) is 1.99. The Hall–Kier alpha value is -2.68. The molecule has 1 heterocycles. The molecule has 0 saturated carbocycles. The quantitative estimate of drug-likeness (QED) is 0.680. The van der Waals surface area contributed by atoms with Crippen LogP contribution in [0.25, 0.3) is 22.6 Å². The molecule has 0 atom stereocenters. The Morgan fingerprint density at radius 3 is 2.00 bits per heavy atom. The summed E-state index contributed by atoms with van der Waals surface area (Å²) >= 11 is 0. The van der Waals surface area contributed by atoms with Gasteiger partial charge in [-0.2, -0.15) is 0 Å². The van der Waals surface area contributed by atoms with Gasteiger partial charge in [0.25, 0.3) is 0 Å². The fraction of sp³-hybridized carbons (Fsp3) is 0. The van der Waals surface area contributed by atoms with E-state index < -0.39 is 0 Å². The van der Waals surface area contributed by atoms with Crippen LogP contribution in [-0.2, 0) is 0 Å². The van der Waals surface area contributed by atoms with Crippen molar-refractivity contribution in [3.8, 4) is 22.6 Å². The van der Waals surface area contributed by atoms with E-state index in [4.69, 9.17) is 15.9 Å². The second-order valence-electron chi connectivity index (χ2n) is 4.41. The summed E-state index contributed by atoms with van der Waals surface area (Å²) in [6.45, 7) is 0. The third-order valence-electron chi connectivity index (χ3n) is 2.97. The van der Waals surface area contributed by atoms with Crippen LogP contribution in [0.15, 0.2) is 65.1 Å². The lowest BCUT2D eigenvalue weighted by Gasteiger charge is -2.00. The van der Waals surface area contributed by atoms with E-state index in [-0.39, 0.29) is 0 Å². The van der Waals surface area contributed by atoms with Crippen LogP contribution in [0.1, 0.15) is 0 Å². The van der Waals surface area contributed by atoms with Crippen molar-refractivity contribution in [2.24, 2.45) is 0 Å². The predicted molar refractivity (Wildman–Crippen MR) is 78.4 cm³/mol. The standard InChI is InChI=1S/C16H14N2O/c17-13-6-4-11(5-7-13)15-8-9-16(19-15)12-2-1-3-14(18)10-12/h1-10H,17-18H2. The molecule has 2 aromatic carbocycles. The van der Waals surface area contributed by atoms with Gasteiger partial charge in [-0.1, -0.05) is 12.1 Å². The number of rotatable bonds is 2. The first-order valence-corrected chi connectivity index (χ1v) is 6.04. The van der Waals surface area contributed by atoms with E-state index in [1.165, 1.54) is 0 Å². The zero-order valence-electron chi connectivity index (χ0n) is 10.3. The molecule has 4 N–H and O–H groups in total. The van der Waals surface area contributed by atoms with E-state index >= 15 is 0 Å². The molecular weight excluding hydrogens is 236 g/mol. The molecule has 0 spiro atoms. The minimum absolute atomic E-state index is 0.725. The Morgan fingerprint density at radius 2 is 1.32 bits per heavy atom. The van der Waals surface area contributed by atoms with Crippen LogP contribution >= 0.6 is 0 Å². The van der Waals surface area contributed by atoms with Crippen molar-refractivity contribution in [3.63, 3.8) is 0 Å². The van der Waals surface area contributed by atoms with E-state index in [2.05, 4.69) is 0 Å². The second kappa shape index (κ2) is 4.53. The fourth-order valence-electron chi connectivity index (χ4n) is 1.99. The lowest BCUT2D eigenvalue weighted by atomic mass is 10.1. The smallest absolute Gasteiger partial charge is 0.134 e. The van der Waals surface area contributed by atoms with Gasteiger partial charge in [-0.25, -0.2) is 0 Å². The molecular formula is C16H14N2O. The molecule has 1 aromatic heterocycles. The molecule has 0 bridgehead atoms. The number of benzene rings is 2. The Kier molecular flexibility index (Phi) is 2.72. The third kappa shape index (κ3) is 2.31. The van der Waals surface area contributed by atoms with Crippen molar-refractivity contribution >= 4 is 11.4 Å². The monoisotopic (exact) mass is 250 g/mol. The van der Waals surface area contributed by atoms with Crippen molar-refractivity contribution in [2.45, 2.75) is 0 Å². The first-order chi connectivity index (χ1) is 9.22. The average Bonchev–Trinajstić information content (AvgIpc) is 2.89. The lowest BCUT2D eigenvalue weighted by molar-refractivity contribution is 0.597. The number of nitrogen functional groups attached to an aromatic ring is 2. The molecule has 0 unspecified atom stereocenters. The molecule has 0 aliphatic carbocycles. The summed E-state index contributed by atoms with van der Waals surface area (Å²) in [5.74, 6) is 1.62. The van der Waals surface area contributed by atoms with Crippen LogP contribution in [0.4, 0.5) is 11.4 Å². The summed E-state index contributed by atoms with van der Waals surface area (Å²) in [5, 5.41) is 0. The van der Waals surface area contributed by atoms with Crippen LogP contribution in [0.5, 0.6) is 0 Å². The number of furan rings is 1. The summed E-state index contributed by atoms with van der Waals surface area (Å²) in [6, 6.07) is 19.1. The number of hydrogen-bond donors (Lipinski definition) is 2. The maximum Gasteiger partial charge on any atom is 0.134 e. The predicted octanol–water partition coefficient (Wildman–Crippen LogP) is 3.78. The number of nitrogens with two attached hydrogens (primary N) is 2. The van der Waals surface area contributed by atoms with Gasteiger partial charge in [0.1, 0.15) is 11.5 Å². The highest BCUT2D eigenvalue weighted by molar-refractivity contribution is 5.67. The molecule has 0 radical (unpaired) electrons. The largest absolute Gasteiger partial charge is 0.456 e. The van der Waals surface area contributed by atoms with E-state index in [1.807, 2.05) is 60.7 Å². The van der Waals surface area contributed by atoms with Gasteiger partial charge in [0.15, 0.2) is 0 Å². The van der Waals surface area contributed by atoms with Gasteiger partial charge in [-0.3, -0.25) is 0 Å². The first-order valence-electron chi connectivity index (χ1n) is 6.04. The molecule has 0 saturated heterocycles. The van der Waals surface area contributed by atoms with E-state index in [0.29, 0.717) is 0 Å². The summed E-state index contributed by atoms with van der Waals surface area (Å²) < 4.78 is 5.85. The van der Waals surface area contributed by atoms with Gasteiger partial charge in [-0.05, 0) is 48.5 Å². The van der Waals surface area contributed by atoms with Crippen molar-refractivity contribution < 1.29 is 4.42 Å². The van der Waals surface area contributed by atoms with Gasteiger partial charge in [0.05, 0.1) is 0 Å². The molecule has 19 heavy (non-hydrogen) atoms. The summed E-state index contributed by atoms with van der Waals surface area (Å²) in [6.07, 6.45) is 0. The van der Waals surface area contributed by atoms with Gasteiger partial charge in [0.2, 0.25) is 0 Å². The van der Waals surface area contributed by atoms with Crippen LogP contribution in [0.2, 0.25) is 0 Å². The SMILES string of the molecule is Nc1ccc(-c2ccc(-c3cccc(N)c3)o2)cc1. The van der Waals surface area contributed by atoms with Crippen LogP contribution in [0.3, 0.4) is 0 Å². The second-order valence-corrected chi connectivity index (χ2v) is 4.41. The molecule has 0 fully saturated rings. The molecule has 0 aliphatic heterocycles. The topological polar surface area (TPSA) is 65.2 Å². The summed E-state index contributed by atoms with van der Waals surface area (Å²) in [4.78, 5) is 0. The van der Waals surface area contributed by atoms with Crippen LogP contribution < -0.4 is 11.5 Å². The van der Waals surface area contributed by atoms with Crippen molar-refractivity contribution in [1.29, 1.82) is 0 Å². The molecule has 0 amide bonds. The molecule has 3 heteroatoms. The average molecular weight is 250 g/mol. The van der Waals surface area contributed by atoms with Gasteiger partial charge in [-0.15, -0.1) is 0 Å². The highest BCUT2D eigenvalue weighted by atomic mass is 16.3. The Balaban J connectivity index is 1.97. The Morgan fingerprint density at radius 1 is 0.632 bits per heavy atom. The maximum absolute atomic E-state index is 5.85. The van der Waals surface area contributed by atoms with Crippen molar-refractivity contribution in [1.82, 2.24) is 0 Å². The molecule has 0 aliphatic rings. The molecule has 3 rings (SSSR count). The Bertz CT molecular complexity index is 699. The highest BCUT2D eigenvalue weighted by Crippen LogP contribution is 2.29. The molecule has 3 aromatic rings. The summed E-state index contributed by atoms with van der Waals surface area (Å²) in [7, 11) is 0. The number of anilines is 2. The zero-order valence-corrected chi connectivity index (χ0v) is 10.3. The van der Waals surface area contributed by atoms with Crippen molar-refractivity contribution in [3.05, 3.63) is 60.7 Å². The van der Waals surface area contributed by atoms with E-state index in [0.717, 1.165) is 34.0 Å². The van der Waals surface area contributed by atoms with Crippen LogP contribution in [0, 0.1) is 0 Å². The normalized spacial score (nSPS) is 10.5. The zero-order chi connectivity index (χ0) is 13.2. The van der Waals surface area contributed by atoms with Gasteiger partial charge >= 0.3 is 0 Å². The highest BCUT2D eigenvalue weighted by Gasteiger charge is 2.06.